The van der Waals surface area contributed by atoms with Gasteiger partial charge in [0.2, 0.25) is 0 Å². The van der Waals surface area contributed by atoms with Crippen LogP contribution in [0.5, 0.6) is 0 Å². The first-order chi connectivity index (χ1) is 18.0. The first-order valence-electron chi connectivity index (χ1n) is 12.4. The Morgan fingerprint density at radius 2 is 1.70 bits per heavy atom. The van der Waals surface area contributed by atoms with E-state index in [0.717, 1.165) is 80.5 Å². The van der Waals surface area contributed by atoms with Gasteiger partial charge < -0.3 is 9.88 Å². The topological polar surface area (TPSA) is 73.5 Å². The van der Waals surface area contributed by atoms with Crippen molar-refractivity contribution in [3.63, 3.8) is 0 Å². The van der Waals surface area contributed by atoms with Crippen LogP contribution in [0.2, 0.25) is 0 Å². The average Bonchev–Trinajstić information content (AvgIpc) is 3.52. The van der Waals surface area contributed by atoms with Crippen LogP contribution < -0.4 is 0 Å². The molecular formula is C30H27FN6. The molecule has 184 valence electrons. The Labute approximate surface area is 214 Å². The number of benzene rings is 2. The van der Waals surface area contributed by atoms with Gasteiger partial charge in [0.15, 0.2) is 0 Å². The van der Waals surface area contributed by atoms with E-state index in [0.29, 0.717) is 0 Å². The van der Waals surface area contributed by atoms with Gasteiger partial charge in [-0.05, 0) is 110 Å². The highest BCUT2D eigenvalue weighted by Crippen LogP contribution is 2.35. The maximum absolute atomic E-state index is 14.6. The number of nitrogens with zero attached hydrogens (tertiary/aromatic N) is 4. The van der Waals surface area contributed by atoms with Crippen LogP contribution in [0.4, 0.5) is 4.39 Å². The zero-order valence-electron chi connectivity index (χ0n) is 20.8. The monoisotopic (exact) mass is 490 g/mol. The fourth-order valence-corrected chi connectivity index (χ4v) is 4.90. The molecule has 2 aromatic carbocycles. The molecule has 0 unspecified atom stereocenters. The maximum Gasteiger partial charge on any atom is 0.138 e. The fraction of sp³-hybridized carbons (Fsp3) is 0.167. The van der Waals surface area contributed by atoms with Crippen molar-refractivity contribution in [3.8, 4) is 33.6 Å². The van der Waals surface area contributed by atoms with E-state index >= 15 is 0 Å². The van der Waals surface area contributed by atoms with E-state index < -0.39 is 0 Å². The molecule has 0 aliphatic heterocycles. The van der Waals surface area contributed by atoms with Crippen LogP contribution in [0.1, 0.15) is 12.0 Å². The maximum atomic E-state index is 14.6. The lowest BCUT2D eigenvalue weighted by Crippen LogP contribution is -2.13. The lowest BCUT2D eigenvalue weighted by atomic mass is 9.99. The van der Waals surface area contributed by atoms with Gasteiger partial charge in [-0.25, -0.2) is 9.37 Å². The summed E-state index contributed by atoms with van der Waals surface area (Å²) in [6.07, 6.45) is 7.15. The van der Waals surface area contributed by atoms with E-state index in [-0.39, 0.29) is 5.82 Å². The highest BCUT2D eigenvalue weighted by Gasteiger charge is 2.15. The zero-order chi connectivity index (χ0) is 25.4. The van der Waals surface area contributed by atoms with Crippen LogP contribution in [0.25, 0.3) is 55.6 Å². The van der Waals surface area contributed by atoms with Crippen LogP contribution in [0.3, 0.4) is 0 Å². The quantitative estimate of drug-likeness (QED) is 0.269. The highest BCUT2D eigenvalue weighted by molar-refractivity contribution is 6.00. The predicted octanol–water partition coefficient (Wildman–Crippen LogP) is 6.47. The Morgan fingerprint density at radius 1 is 0.838 bits per heavy atom. The largest absolute Gasteiger partial charge is 0.338 e. The molecule has 2 N–H and O–H groups in total. The first-order valence-corrected chi connectivity index (χ1v) is 12.4. The average molecular weight is 491 g/mol. The normalized spacial score (nSPS) is 11.7. The van der Waals surface area contributed by atoms with Gasteiger partial charge in [0, 0.05) is 29.4 Å². The molecule has 0 radical (unpaired) electrons. The number of aromatic nitrogens is 5. The molecule has 6 aromatic rings. The van der Waals surface area contributed by atoms with Gasteiger partial charge in [-0.15, -0.1) is 0 Å². The summed E-state index contributed by atoms with van der Waals surface area (Å²) in [5, 5.41) is 9.70. The first kappa shape index (κ1) is 23.1. The molecule has 0 saturated carbocycles. The summed E-state index contributed by atoms with van der Waals surface area (Å²) in [5.74, 6) is -0.222. The molecule has 0 aliphatic rings. The number of fused-ring (bicyclic) bond motifs is 2. The minimum Gasteiger partial charge on any atom is -0.338 e. The van der Waals surface area contributed by atoms with Crippen molar-refractivity contribution in [2.75, 3.05) is 20.6 Å². The molecule has 0 spiro atoms. The molecule has 4 heterocycles. The lowest BCUT2D eigenvalue weighted by Gasteiger charge is -2.10. The molecule has 0 bridgehead atoms. The smallest absolute Gasteiger partial charge is 0.138 e. The number of H-pyrrole nitrogens is 2. The summed E-state index contributed by atoms with van der Waals surface area (Å²) in [6.45, 7) is 0.965. The van der Waals surface area contributed by atoms with E-state index in [1.807, 2.05) is 24.3 Å². The Bertz CT molecular complexity index is 1700. The Balaban J connectivity index is 1.41. The molecule has 0 aliphatic carbocycles. The Hall–Kier alpha value is -4.36. The van der Waals surface area contributed by atoms with Crippen LogP contribution in [0, 0.1) is 5.82 Å². The molecule has 6 nitrogen and oxygen atoms in total. The second-order valence-electron chi connectivity index (χ2n) is 9.63. The van der Waals surface area contributed by atoms with Gasteiger partial charge in [-0.2, -0.15) is 5.10 Å². The number of hydrogen-bond donors (Lipinski definition) is 2. The third-order valence-corrected chi connectivity index (χ3v) is 6.70. The minimum atomic E-state index is -0.222. The Morgan fingerprint density at radius 3 is 2.54 bits per heavy atom. The van der Waals surface area contributed by atoms with Crippen LogP contribution in [0.15, 0.2) is 79.3 Å². The molecular weight excluding hydrogens is 463 g/mol. The second-order valence-corrected chi connectivity index (χ2v) is 9.63. The van der Waals surface area contributed by atoms with Gasteiger partial charge in [0.05, 0.1) is 11.2 Å². The van der Waals surface area contributed by atoms with Crippen LogP contribution in [-0.2, 0) is 6.42 Å². The van der Waals surface area contributed by atoms with Gasteiger partial charge in [0.25, 0.3) is 0 Å². The van der Waals surface area contributed by atoms with Crippen molar-refractivity contribution in [1.82, 2.24) is 30.0 Å². The van der Waals surface area contributed by atoms with E-state index in [2.05, 4.69) is 68.4 Å². The lowest BCUT2D eigenvalue weighted by molar-refractivity contribution is 0.400. The molecule has 7 heteroatoms. The highest BCUT2D eigenvalue weighted by atomic mass is 19.1. The van der Waals surface area contributed by atoms with Crippen molar-refractivity contribution < 1.29 is 4.39 Å². The van der Waals surface area contributed by atoms with Gasteiger partial charge in [-0.3, -0.25) is 10.1 Å². The molecule has 4 aromatic heterocycles. The van der Waals surface area contributed by atoms with Crippen molar-refractivity contribution in [2.24, 2.45) is 0 Å². The van der Waals surface area contributed by atoms with Crippen molar-refractivity contribution in [1.29, 1.82) is 0 Å². The number of aromatic amines is 2. The SMILES string of the molecule is CN(C)CCCc1cc(F)cc(-c2ccnc3[nH]c(-c4n[nH]c5ccc(-c6ccncc6)cc45)cc23)c1. The molecule has 37 heavy (non-hydrogen) atoms. The number of hydrogen-bond acceptors (Lipinski definition) is 4. The van der Waals surface area contributed by atoms with E-state index in [9.17, 15) is 4.39 Å². The summed E-state index contributed by atoms with van der Waals surface area (Å²) in [4.78, 5) is 14.3. The number of nitrogens with one attached hydrogen (secondary N) is 2. The molecule has 0 saturated heterocycles. The third kappa shape index (κ3) is 4.61. The predicted molar refractivity (Wildman–Crippen MR) is 147 cm³/mol. The van der Waals surface area contributed by atoms with Crippen LogP contribution in [-0.4, -0.2) is 50.7 Å². The van der Waals surface area contributed by atoms with Crippen molar-refractivity contribution in [2.45, 2.75) is 12.8 Å². The second kappa shape index (κ2) is 9.59. The molecule has 0 fully saturated rings. The summed E-state index contributed by atoms with van der Waals surface area (Å²) < 4.78 is 14.6. The van der Waals surface area contributed by atoms with Crippen molar-refractivity contribution in [3.05, 3.63) is 90.6 Å². The molecule has 6 rings (SSSR count). The number of rotatable bonds is 7. The summed E-state index contributed by atoms with van der Waals surface area (Å²) in [7, 11) is 4.10. The number of pyridine rings is 2. The zero-order valence-corrected chi connectivity index (χ0v) is 20.8. The number of aryl methyl sites for hydroxylation is 1. The molecule has 0 amide bonds. The van der Waals surface area contributed by atoms with E-state index in [1.165, 1.54) is 0 Å². The van der Waals surface area contributed by atoms with Gasteiger partial charge in [0.1, 0.15) is 17.2 Å². The summed E-state index contributed by atoms with van der Waals surface area (Å²) in [5.41, 5.74) is 8.35. The standard InChI is InChI=1S/C30H27FN6/c1-37(2)13-3-4-19-14-22(16-23(31)15-19)24-9-12-33-30-25(24)18-28(34-30)29-26-17-21(5-6-27(26)35-36-29)20-7-10-32-11-8-20/h5-12,14-18H,3-4,13H2,1-2H3,(H,33,34)(H,35,36). The van der Waals surface area contributed by atoms with E-state index in [4.69, 9.17) is 0 Å². The minimum absolute atomic E-state index is 0.222. The van der Waals surface area contributed by atoms with Crippen molar-refractivity contribution >= 4 is 21.9 Å². The number of halogens is 1. The van der Waals surface area contributed by atoms with Crippen LogP contribution >= 0.6 is 0 Å². The van der Waals surface area contributed by atoms with Gasteiger partial charge >= 0.3 is 0 Å². The van der Waals surface area contributed by atoms with E-state index in [1.54, 1.807) is 30.7 Å². The summed E-state index contributed by atoms with van der Waals surface area (Å²) >= 11 is 0. The summed E-state index contributed by atoms with van der Waals surface area (Å²) in [6, 6.07) is 19.6. The third-order valence-electron chi connectivity index (χ3n) is 6.70. The van der Waals surface area contributed by atoms with Gasteiger partial charge in [-0.1, -0.05) is 12.1 Å². The Kier molecular flexibility index (Phi) is 5.98. The molecule has 0 atom stereocenters. The fourth-order valence-electron chi connectivity index (χ4n) is 4.90.